The van der Waals surface area contributed by atoms with Crippen LogP contribution in [0.15, 0.2) is 48.5 Å². The summed E-state index contributed by atoms with van der Waals surface area (Å²) in [6.07, 6.45) is 0. The number of nitrogens with zero attached hydrogens (tertiary/aromatic N) is 4. The number of fused-ring (bicyclic) bond motifs is 1. The summed E-state index contributed by atoms with van der Waals surface area (Å²) < 4.78 is 0. The second kappa shape index (κ2) is 7.60. The van der Waals surface area contributed by atoms with Crippen LogP contribution in [0.25, 0.3) is 10.9 Å². The van der Waals surface area contributed by atoms with Crippen LogP contribution in [0.3, 0.4) is 0 Å². The molecule has 1 fully saturated rings. The number of carbonyl (C=O) groups is 2. The van der Waals surface area contributed by atoms with Gasteiger partial charge in [0.1, 0.15) is 12.6 Å². The van der Waals surface area contributed by atoms with Gasteiger partial charge in [0.2, 0.25) is 5.91 Å². The molecule has 3 aromatic rings. The molecule has 0 saturated carbocycles. The molecule has 2 aromatic carbocycles. The highest BCUT2D eigenvalue weighted by Gasteiger charge is 2.34. The number of carbonyl (C=O) groups excluding carboxylic acids is 2. The maximum absolute atomic E-state index is 13.2. The Morgan fingerprint density at radius 2 is 1.93 bits per heavy atom. The minimum Gasteiger partial charge on any atom is -0.325 e. The third-order valence-electron chi connectivity index (χ3n) is 5.55. The number of hydrogen-bond acceptors (Lipinski definition) is 4. The number of aryl methyl sites for hydroxylation is 2. The van der Waals surface area contributed by atoms with E-state index in [1.807, 2.05) is 32.9 Å². The molecule has 2 amide bonds. The molecule has 1 aliphatic rings. The first-order chi connectivity index (χ1) is 14.4. The van der Waals surface area contributed by atoms with Gasteiger partial charge in [-0.1, -0.05) is 18.2 Å². The molecule has 150 valence electrons. The third kappa shape index (κ3) is 3.39. The molecule has 0 radical (unpaired) electrons. The Kier molecular flexibility index (Phi) is 4.96. The van der Waals surface area contributed by atoms with Crippen LogP contribution in [0.5, 0.6) is 0 Å². The van der Waals surface area contributed by atoms with Gasteiger partial charge >= 0.3 is 0 Å². The lowest BCUT2D eigenvalue weighted by Gasteiger charge is -2.39. The van der Waals surface area contributed by atoms with E-state index in [-0.39, 0.29) is 24.4 Å². The molecule has 2 heterocycles. The second-order valence-electron chi connectivity index (χ2n) is 7.73. The number of pyridine rings is 1. The van der Waals surface area contributed by atoms with Crippen LogP contribution in [0, 0.1) is 25.2 Å². The Bertz CT molecular complexity index is 1210. The van der Waals surface area contributed by atoms with Crippen LogP contribution < -0.4 is 4.90 Å². The Labute approximate surface area is 175 Å². The van der Waals surface area contributed by atoms with Crippen molar-refractivity contribution >= 4 is 28.4 Å². The zero-order valence-corrected chi connectivity index (χ0v) is 17.2. The number of aromatic nitrogens is 1. The number of amides is 2. The van der Waals surface area contributed by atoms with Crippen LogP contribution in [0.4, 0.5) is 5.69 Å². The molecule has 1 unspecified atom stereocenters. The minimum atomic E-state index is -0.199. The van der Waals surface area contributed by atoms with E-state index >= 15 is 0 Å². The van der Waals surface area contributed by atoms with E-state index in [1.54, 1.807) is 46.2 Å². The van der Waals surface area contributed by atoms with Crippen LogP contribution >= 0.6 is 0 Å². The van der Waals surface area contributed by atoms with Crippen molar-refractivity contribution < 1.29 is 9.59 Å². The molecule has 1 saturated heterocycles. The second-order valence-corrected chi connectivity index (χ2v) is 7.73. The number of rotatable bonds is 2. The molecule has 0 aliphatic carbocycles. The highest BCUT2D eigenvalue weighted by molar-refractivity contribution is 6.03. The molecule has 0 bridgehead atoms. The molecule has 0 N–H and O–H groups in total. The number of anilines is 1. The third-order valence-corrected chi connectivity index (χ3v) is 5.55. The Balaban J connectivity index is 1.61. The molecule has 6 nitrogen and oxygen atoms in total. The quantitative estimate of drug-likeness (QED) is 0.661. The molecule has 30 heavy (non-hydrogen) atoms. The lowest BCUT2D eigenvalue weighted by molar-refractivity contribution is -0.121. The number of hydrogen-bond donors (Lipinski definition) is 0. The summed E-state index contributed by atoms with van der Waals surface area (Å²) in [6, 6.07) is 16.5. The lowest BCUT2D eigenvalue weighted by atomic mass is 10.0. The lowest BCUT2D eigenvalue weighted by Crippen LogP contribution is -2.57. The van der Waals surface area contributed by atoms with Crippen LogP contribution in [0.1, 0.15) is 34.1 Å². The van der Waals surface area contributed by atoms with Crippen molar-refractivity contribution in [2.24, 2.45) is 0 Å². The monoisotopic (exact) mass is 398 g/mol. The molecule has 1 atom stereocenters. The number of para-hydroxylation sites is 1. The van der Waals surface area contributed by atoms with E-state index in [0.717, 1.165) is 22.2 Å². The highest BCUT2D eigenvalue weighted by atomic mass is 16.2. The van der Waals surface area contributed by atoms with Crippen molar-refractivity contribution in [3.63, 3.8) is 0 Å². The Hall–Kier alpha value is -3.72. The van der Waals surface area contributed by atoms with Crippen LogP contribution in [0.2, 0.25) is 0 Å². The maximum atomic E-state index is 13.2. The summed E-state index contributed by atoms with van der Waals surface area (Å²) >= 11 is 0. The van der Waals surface area contributed by atoms with Gasteiger partial charge in [-0.2, -0.15) is 5.26 Å². The van der Waals surface area contributed by atoms with Gasteiger partial charge in [0, 0.05) is 29.2 Å². The summed E-state index contributed by atoms with van der Waals surface area (Å²) in [4.78, 5) is 33.8. The van der Waals surface area contributed by atoms with Gasteiger partial charge in [-0.05, 0) is 56.7 Å². The molecule has 1 aliphatic heterocycles. The van der Waals surface area contributed by atoms with Gasteiger partial charge in [0.15, 0.2) is 0 Å². The fourth-order valence-electron chi connectivity index (χ4n) is 4.03. The summed E-state index contributed by atoms with van der Waals surface area (Å²) in [5.41, 5.74) is 4.35. The Morgan fingerprint density at radius 1 is 1.17 bits per heavy atom. The predicted molar refractivity (Wildman–Crippen MR) is 115 cm³/mol. The van der Waals surface area contributed by atoms with E-state index in [0.29, 0.717) is 23.4 Å². The molecule has 4 rings (SSSR count). The van der Waals surface area contributed by atoms with Gasteiger partial charge in [-0.15, -0.1) is 0 Å². The van der Waals surface area contributed by atoms with Gasteiger partial charge in [0.05, 0.1) is 16.8 Å². The van der Waals surface area contributed by atoms with Gasteiger partial charge in [-0.3, -0.25) is 14.6 Å². The van der Waals surface area contributed by atoms with Crippen molar-refractivity contribution in [2.75, 3.05) is 18.0 Å². The predicted octanol–water partition coefficient (Wildman–Crippen LogP) is 3.60. The zero-order valence-electron chi connectivity index (χ0n) is 17.2. The van der Waals surface area contributed by atoms with E-state index < -0.39 is 0 Å². The molecule has 6 heteroatoms. The molecule has 1 aromatic heterocycles. The number of nitriles is 1. The fraction of sp³-hybridized carbons (Fsp3) is 0.250. The molecular weight excluding hydrogens is 376 g/mol. The topological polar surface area (TPSA) is 77.3 Å². The van der Waals surface area contributed by atoms with Crippen LogP contribution in [-0.2, 0) is 4.79 Å². The van der Waals surface area contributed by atoms with Gasteiger partial charge < -0.3 is 9.80 Å². The van der Waals surface area contributed by atoms with E-state index in [9.17, 15) is 14.9 Å². The van der Waals surface area contributed by atoms with Crippen molar-refractivity contribution in [1.29, 1.82) is 5.26 Å². The van der Waals surface area contributed by atoms with Gasteiger partial charge in [-0.25, -0.2) is 0 Å². The van der Waals surface area contributed by atoms with Crippen molar-refractivity contribution in [2.45, 2.75) is 26.8 Å². The number of piperazine rings is 1. The summed E-state index contributed by atoms with van der Waals surface area (Å²) in [6.45, 7) is 6.18. The smallest absolute Gasteiger partial charge is 0.254 e. The first kappa shape index (κ1) is 19.6. The highest BCUT2D eigenvalue weighted by Crippen LogP contribution is 2.26. The molecular formula is C24H22N4O2. The largest absolute Gasteiger partial charge is 0.325 e. The molecule has 0 spiro atoms. The van der Waals surface area contributed by atoms with Crippen molar-refractivity contribution in [3.05, 3.63) is 70.9 Å². The average Bonchev–Trinajstić information content (AvgIpc) is 2.74. The van der Waals surface area contributed by atoms with Crippen molar-refractivity contribution in [1.82, 2.24) is 9.88 Å². The number of benzene rings is 2. The van der Waals surface area contributed by atoms with Crippen LogP contribution in [-0.4, -0.2) is 40.8 Å². The van der Waals surface area contributed by atoms with E-state index in [1.165, 1.54) is 0 Å². The van der Waals surface area contributed by atoms with Gasteiger partial charge in [0.25, 0.3) is 5.91 Å². The maximum Gasteiger partial charge on any atom is 0.254 e. The zero-order chi connectivity index (χ0) is 21.4. The average molecular weight is 398 g/mol. The minimum absolute atomic E-state index is 0.0297. The Morgan fingerprint density at radius 3 is 2.70 bits per heavy atom. The van der Waals surface area contributed by atoms with E-state index in [4.69, 9.17) is 0 Å². The van der Waals surface area contributed by atoms with E-state index in [2.05, 4.69) is 11.1 Å². The van der Waals surface area contributed by atoms with Crippen molar-refractivity contribution in [3.8, 4) is 6.07 Å². The first-order valence-electron chi connectivity index (χ1n) is 9.87. The standard InChI is InChI=1S/C24H22N4O2/c1-15-10-16(2)26-21-11-18(8-9-20(15)21)24(30)27-14-23(29)28(13-17(27)3)22-7-5-4-6-19(22)12-25/h4-11,17H,13-14H2,1-3H3. The normalized spacial score (nSPS) is 16.6. The summed E-state index contributed by atoms with van der Waals surface area (Å²) in [7, 11) is 0. The summed E-state index contributed by atoms with van der Waals surface area (Å²) in [5.74, 6) is -0.387. The fourth-order valence-corrected chi connectivity index (χ4v) is 4.03. The first-order valence-corrected chi connectivity index (χ1v) is 9.87. The summed E-state index contributed by atoms with van der Waals surface area (Å²) in [5, 5.41) is 10.4. The SMILES string of the molecule is Cc1cc(C)c2ccc(C(=O)N3CC(=O)N(c4ccccc4C#N)CC3C)cc2n1.